The van der Waals surface area contributed by atoms with E-state index in [1.807, 2.05) is 25.1 Å². The second kappa shape index (κ2) is 12.0. The largest absolute Gasteiger partial charge is 0.369 e. The smallest absolute Gasteiger partial charge is 0.222 e. The molecule has 174 valence electrons. The van der Waals surface area contributed by atoms with Crippen LogP contribution < -0.4 is 21.3 Å². The number of pyridine rings is 1. The summed E-state index contributed by atoms with van der Waals surface area (Å²) in [5.41, 5.74) is 8.00. The van der Waals surface area contributed by atoms with Gasteiger partial charge < -0.3 is 21.3 Å². The number of hydrogen-bond acceptors (Lipinski definition) is 4. The van der Waals surface area contributed by atoms with Gasteiger partial charge in [-0.05, 0) is 49.9 Å². The van der Waals surface area contributed by atoms with Crippen LogP contribution in [-0.4, -0.2) is 37.0 Å². The average molecular weight is 554 g/mol. The summed E-state index contributed by atoms with van der Waals surface area (Å²) >= 11 is 0. The first-order valence-corrected chi connectivity index (χ1v) is 10.6. The number of rotatable bonds is 6. The summed E-state index contributed by atoms with van der Waals surface area (Å²) in [7, 11) is 1.70. The van der Waals surface area contributed by atoms with Gasteiger partial charge in [0, 0.05) is 38.4 Å². The van der Waals surface area contributed by atoms with E-state index in [0.717, 1.165) is 36.3 Å². The van der Waals surface area contributed by atoms with Crippen molar-refractivity contribution in [3.8, 4) is 0 Å². The summed E-state index contributed by atoms with van der Waals surface area (Å²) in [4.78, 5) is 22.6. The van der Waals surface area contributed by atoms with Crippen molar-refractivity contribution in [2.75, 3.05) is 25.0 Å². The molecular weight excluding hydrogens is 522 g/mol. The zero-order valence-corrected chi connectivity index (χ0v) is 21.1. The highest BCUT2D eigenvalue weighted by Crippen LogP contribution is 2.24. The number of piperidine rings is 1. The minimum Gasteiger partial charge on any atom is -0.369 e. The minimum absolute atomic E-state index is 0. The van der Waals surface area contributed by atoms with Crippen molar-refractivity contribution in [3.05, 3.63) is 59.0 Å². The number of amides is 1. The summed E-state index contributed by atoms with van der Waals surface area (Å²) in [6, 6.07) is 9.02. The van der Waals surface area contributed by atoms with Gasteiger partial charge in [0.25, 0.3) is 0 Å². The number of anilines is 1. The van der Waals surface area contributed by atoms with Gasteiger partial charge >= 0.3 is 0 Å². The highest BCUT2D eigenvalue weighted by atomic mass is 127. The highest BCUT2D eigenvalue weighted by molar-refractivity contribution is 14.0. The Morgan fingerprint density at radius 3 is 2.88 bits per heavy atom. The molecular formula is C23H32FIN6O. The zero-order chi connectivity index (χ0) is 22.4. The number of aryl methyl sites for hydroxylation is 1. The number of nitrogens with two attached hydrogens (primary N) is 1. The predicted octanol–water partition coefficient (Wildman–Crippen LogP) is 3.28. The van der Waals surface area contributed by atoms with Crippen LogP contribution in [0.25, 0.3) is 0 Å². The summed E-state index contributed by atoms with van der Waals surface area (Å²) in [6.07, 6.45) is 3.49. The molecule has 2 atom stereocenters. The van der Waals surface area contributed by atoms with Crippen LogP contribution in [0.15, 0.2) is 41.5 Å². The first kappa shape index (κ1) is 25.8. The second-order valence-corrected chi connectivity index (χ2v) is 7.97. The Labute approximate surface area is 206 Å². The van der Waals surface area contributed by atoms with Crippen molar-refractivity contribution in [1.29, 1.82) is 0 Å². The van der Waals surface area contributed by atoms with Gasteiger partial charge in [-0.15, -0.1) is 24.0 Å². The number of guanidine groups is 1. The van der Waals surface area contributed by atoms with E-state index in [9.17, 15) is 9.18 Å². The molecule has 4 N–H and O–H groups in total. The van der Waals surface area contributed by atoms with Crippen LogP contribution in [-0.2, 0) is 11.3 Å². The molecule has 0 saturated carbocycles. The van der Waals surface area contributed by atoms with Gasteiger partial charge in [0.2, 0.25) is 5.91 Å². The molecule has 1 fully saturated rings. The Morgan fingerprint density at radius 2 is 2.19 bits per heavy atom. The van der Waals surface area contributed by atoms with E-state index < -0.39 is 0 Å². The van der Waals surface area contributed by atoms with Crippen molar-refractivity contribution in [2.24, 2.45) is 16.6 Å². The fourth-order valence-electron chi connectivity index (χ4n) is 3.80. The molecule has 2 aromatic rings. The molecule has 0 aliphatic carbocycles. The molecule has 1 saturated heterocycles. The lowest BCUT2D eigenvalue weighted by atomic mass is 9.97. The van der Waals surface area contributed by atoms with Crippen molar-refractivity contribution < 1.29 is 9.18 Å². The number of halogens is 2. The van der Waals surface area contributed by atoms with Crippen molar-refractivity contribution in [3.63, 3.8) is 0 Å². The summed E-state index contributed by atoms with van der Waals surface area (Å²) in [5.74, 6) is 0.833. The third-order valence-electron chi connectivity index (χ3n) is 5.71. The maximum atomic E-state index is 13.9. The maximum Gasteiger partial charge on any atom is 0.222 e. The fraction of sp³-hybridized carbons (Fsp3) is 0.435. The number of primary amides is 1. The first-order valence-electron chi connectivity index (χ1n) is 10.6. The number of aromatic nitrogens is 1. The molecule has 2 heterocycles. The number of aliphatic imine (C=N–C) groups is 1. The number of nitrogens with one attached hydrogen (secondary N) is 2. The van der Waals surface area contributed by atoms with E-state index in [1.165, 1.54) is 0 Å². The normalized spacial score (nSPS) is 17.3. The lowest BCUT2D eigenvalue weighted by molar-refractivity contribution is -0.122. The molecule has 3 rings (SSSR count). The zero-order valence-electron chi connectivity index (χ0n) is 18.8. The van der Waals surface area contributed by atoms with Gasteiger partial charge in [-0.25, -0.2) is 9.37 Å². The molecule has 0 spiro atoms. The van der Waals surface area contributed by atoms with Crippen molar-refractivity contribution in [2.45, 2.75) is 39.3 Å². The van der Waals surface area contributed by atoms with E-state index in [0.29, 0.717) is 24.6 Å². The Morgan fingerprint density at radius 1 is 1.41 bits per heavy atom. The molecule has 1 aromatic carbocycles. The maximum absolute atomic E-state index is 13.9. The van der Waals surface area contributed by atoms with Gasteiger partial charge in [0.1, 0.15) is 11.6 Å². The van der Waals surface area contributed by atoms with Crippen LogP contribution >= 0.6 is 24.0 Å². The number of benzene rings is 1. The third kappa shape index (κ3) is 6.54. The topological polar surface area (TPSA) is 95.6 Å². The lowest BCUT2D eigenvalue weighted by Gasteiger charge is -2.33. The minimum atomic E-state index is -0.258. The number of hydrogen-bond donors (Lipinski definition) is 3. The quantitative estimate of drug-likeness (QED) is 0.290. The van der Waals surface area contributed by atoms with Crippen molar-refractivity contribution >= 4 is 41.7 Å². The molecule has 1 aliphatic rings. The van der Waals surface area contributed by atoms with Crippen LogP contribution in [0.5, 0.6) is 0 Å². The number of nitrogens with zero attached hydrogens (tertiary/aromatic N) is 3. The Balaban J connectivity index is 0.00000363. The van der Waals surface area contributed by atoms with Gasteiger partial charge in [0.15, 0.2) is 5.96 Å². The molecule has 1 aliphatic heterocycles. The van der Waals surface area contributed by atoms with E-state index in [1.54, 1.807) is 32.3 Å². The second-order valence-electron chi connectivity index (χ2n) is 7.97. The van der Waals surface area contributed by atoms with Gasteiger partial charge in [-0.2, -0.15) is 0 Å². The van der Waals surface area contributed by atoms with Gasteiger partial charge in [-0.1, -0.05) is 18.2 Å². The average Bonchev–Trinajstić information content (AvgIpc) is 2.78. The van der Waals surface area contributed by atoms with Crippen LogP contribution in [0.4, 0.5) is 10.2 Å². The Hall–Kier alpha value is -2.43. The lowest BCUT2D eigenvalue weighted by Crippen LogP contribution is -2.42. The molecule has 1 aromatic heterocycles. The van der Waals surface area contributed by atoms with E-state index in [2.05, 4.69) is 25.5 Å². The molecule has 0 bridgehead atoms. The molecule has 2 unspecified atom stereocenters. The standard InChI is InChI=1S/C23H31FN6O.HI/c1-15-8-9-17(12-20(15)24)16(2)29-23(26-3)28-13-18-6-4-10-27-22(18)30-11-5-7-19(14-30)21(25)31;/h4,6,8-10,12,16,19H,5,7,11,13-14H2,1-3H3,(H2,25,31)(H2,26,28,29);1H. The van der Waals surface area contributed by atoms with Crippen molar-refractivity contribution in [1.82, 2.24) is 15.6 Å². The summed E-state index contributed by atoms with van der Waals surface area (Å²) < 4.78 is 13.9. The number of carbonyl (C=O) groups excluding carboxylic acids is 1. The van der Waals surface area contributed by atoms with Crippen LogP contribution in [0.1, 0.15) is 42.5 Å². The number of carbonyl (C=O) groups is 1. The predicted molar refractivity (Wildman–Crippen MR) is 137 cm³/mol. The molecule has 9 heteroatoms. The van der Waals surface area contributed by atoms with E-state index in [-0.39, 0.29) is 47.7 Å². The molecule has 0 radical (unpaired) electrons. The van der Waals surface area contributed by atoms with E-state index in [4.69, 9.17) is 5.73 Å². The van der Waals surface area contributed by atoms with Crippen LogP contribution in [0.2, 0.25) is 0 Å². The first-order chi connectivity index (χ1) is 14.9. The summed E-state index contributed by atoms with van der Waals surface area (Å²) in [6.45, 7) is 5.65. The van der Waals surface area contributed by atoms with Gasteiger partial charge in [0.05, 0.1) is 12.0 Å². The molecule has 7 nitrogen and oxygen atoms in total. The van der Waals surface area contributed by atoms with Gasteiger partial charge in [-0.3, -0.25) is 9.79 Å². The summed E-state index contributed by atoms with van der Waals surface area (Å²) in [5, 5.41) is 6.61. The Kier molecular flexibility index (Phi) is 9.67. The SMILES string of the molecule is CN=C(NCc1cccnc1N1CCCC(C(N)=O)C1)NC(C)c1ccc(C)c(F)c1.I. The van der Waals surface area contributed by atoms with Crippen LogP contribution in [0, 0.1) is 18.7 Å². The van der Waals surface area contributed by atoms with E-state index >= 15 is 0 Å². The molecule has 32 heavy (non-hydrogen) atoms. The fourth-order valence-corrected chi connectivity index (χ4v) is 3.80. The van der Waals surface area contributed by atoms with Crippen LogP contribution in [0.3, 0.4) is 0 Å². The highest BCUT2D eigenvalue weighted by Gasteiger charge is 2.26. The Bertz CT molecular complexity index is 954. The third-order valence-corrected chi connectivity index (χ3v) is 5.71. The molecule has 1 amide bonds. The monoisotopic (exact) mass is 554 g/mol.